The maximum atomic E-state index is 7.30. The molecule has 1 aromatic carbocycles. The minimum Gasteiger partial charge on any atom is -0.486 e. The van der Waals surface area contributed by atoms with Crippen LogP contribution in [0.5, 0.6) is 5.75 Å². The predicted molar refractivity (Wildman–Crippen MR) is 97.8 cm³/mol. The molecule has 0 atom stereocenters. The topological polar surface area (TPSA) is 100 Å². The summed E-state index contributed by atoms with van der Waals surface area (Å²) in [5.41, 5.74) is 14.4. The van der Waals surface area contributed by atoms with E-state index in [1.807, 2.05) is 11.9 Å². The van der Waals surface area contributed by atoms with E-state index in [1.165, 1.54) is 0 Å². The molecule has 0 aliphatic heterocycles. The van der Waals surface area contributed by atoms with Gasteiger partial charge in [-0.05, 0) is 25.1 Å². The number of aromatic nitrogens is 2. The second kappa shape index (κ2) is 8.64. The molecule has 0 fully saturated rings. The van der Waals surface area contributed by atoms with Crippen LogP contribution in [0.1, 0.15) is 11.4 Å². The molecule has 0 radical (unpaired) electrons. The Balaban J connectivity index is 2.01. The number of nitrogens with one attached hydrogen (secondary N) is 1. The summed E-state index contributed by atoms with van der Waals surface area (Å²) in [7, 11) is 1.83. The second-order valence-corrected chi connectivity index (χ2v) is 6.18. The van der Waals surface area contributed by atoms with E-state index >= 15 is 0 Å². The molecule has 2 rings (SSSR count). The molecule has 132 valence electrons. The van der Waals surface area contributed by atoms with Gasteiger partial charge < -0.3 is 15.4 Å². The molecule has 0 amide bonds. The van der Waals surface area contributed by atoms with Crippen molar-refractivity contribution in [3.05, 3.63) is 57.7 Å². The molecule has 0 saturated heterocycles. The van der Waals surface area contributed by atoms with Crippen molar-refractivity contribution in [3.63, 3.8) is 0 Å². The first kappa shape index (κ1) is 19.0. The average Bonchev–Trinajstić information content (AvgIpc) is 2.55. The van der Waals surface area contributed by atoms with Gasteiger partial charge in [0, 0.05) is 36.6 Å². The van der Waals surface area contributed by atoms with E-state index in [9.17, 15) is 0 Å². The maximum Gasteiger partial charge on any atom is 0.138 e. The number of benzene rings is 1. The van der Waals surface area contributed by atoms with Gasteiger partial charge in [-0.15, -0.1) is 0 Å². The van der Waals surface area contributed by atoms with Gasteiger partial charge in [-0.25, -0.2) is 15.5 Å². The molecular formula is C16H18Cl2N6O. The Labute approximate surface area is 155 Å². The van der Waals surface area contributed by atoms with E-state index in [0.717, 1.165) is 5.56 Å². The lowest BCUT2D eigenvalue weighted by atomic mass is 10.3. The van der Waals surface area contributed by atoms with Crippen molar-refractivity contribution in [1.29, 1.82) is 5.53 Å². The predicted octanol–water partition coefficient (Wildman–Crippen LogP) is 4.06. The Morgan fingerprint density at radius 3 is 2.84 bits per heavy atom. The van der Waals surface area contributed by atoms with E-state index < -0.39 is 0 Å². The fraction of sp³-hybridized carbons (Fsp3) is 0.250. The van der Waals surface area contributed by atoms with E-state index in [0.29, 0.717) is 39.7 Å². The Kier molecular flexibility index (Phi) is 6.55. The second-order valence-electron chi connectivity index (χ2n) is 5.34. The Bertz CT molecular complexity index is 796. The molecule has 9 heteroatoms. The Morgan fingerprint density at radius 2 is 2.20 bits per heavy atom. The van der Waals surface area contributed by atoms with Gasteiger partial charge in [0.2, 0.25) is 0 Å². The first-order chi connectivity index (χ1) is 11.9. The number of nitrogen functional groups attached to an aromatic ring is 1. The van der Waals surface area contributed by atoms with Gasteiger partial charge in [0.05, 0.1) is 5.02 Å². The fourth-order valence-electron chi connectivity index (χ4n) is 2.05. The van der Waals surface area contributed by atoms with Crippen molar-refractivity contribution in [1.82, 2.24) is 14.9 Å². The number of hydrogen-bond acceptors (Lipinski definition) is 7. The third-order valence-corrected chi connectivity index (χ3v) is 3.75. The fourth-order valence-corrected chi connectivity index (χ4v) is 2.51. The molecule has 25 heavy (non-hydrogen) atoms. The highest BCUT2D eigenvalue weighted by Crippen LogP contribution is 2.27. The number of nitrogens with two attached hydrogens (primary N) is 1. The molecule has 0 spiro atoms. The maximum absolute atomic E-state index is 7.30. The highest BCUT2D eigenvalue weighted by molar-refractivity contribution is 6.35. The third kappa shape index (κ3) is 5.58. The Morgan fingerprint density at radius 1 is 1.44 bits per heavy atom. The van der Waals surface area contributed by atoms with Crippen LogP contribution in [0.25, 0.3) is 0 Å². The Hall–Kier alpha value is -2.38. The number of rotatable bonds is 7. The highest BCUT2D eigenvalue weighted by Gasteiger charge is 2.07. The zero-order chi connectivity index (χ0) is 18.4. The molecule has 3 N–H and O–H groups in total. The number of aryl methyl sites for hydroxylation is 1. The van der Waals surface area contributed by atoms with Gasteiger partial charge in [-0.1, -0.05) is 23.2 Å². The number of nitrogens with zero attached hydrogens (tertiary/aromatic N) is 4. The summed E-state index contributed by atoms with van der Waals surface area (Å²) < 4.78 is 5.59. The molecule has 0 saturated carbocycles. The lowest BCUT2D eigenvalue weighted by Crippen LogP contribution is -2.15. The van der Waals surface area contributed by atoms with Crippen LogP contribution in [-0.2, 0) is 6.54 Å². The van der Waals surface area contributed by atoms with Crippen molar-refractivity contribution in [2.45, 2.75) is 13.5 Å². The molecule has 7 nitrogen and oxygen atoms in total. The van der Waals surface area contributed by atoms with Crippen LogP contribution in [0.3, 0.4) is 0 Å². The molecule has 0 unspecified atom stereocenters. The zero-order valence-electron chi connectivity index (χ0n) is 13.8. The van der Waals surface area contributed by atoms with Crippen LogP contribution in [0, 0.1) is 12.5 Å². The summed E-state index contributed by atoms with van der Waals surface area (Å²) >= 11 is 11.9. The summed E-state index contributed by atoms with van der Waals surface area (Å²) in [5.74, 6) is 1.52. The summed E-state index contributed by atoms with van der Waals surface area (Å²) in [6.07, 6.45) is 3.37. The van der Waals surface area contributed by atoms with E-state index in [-0.39, 0.29) is 6.61 Å². The van der Waals surface area contributed by atoms with E-state index in [2.05, 4.69) is 15.1 Å². The van der Waals surface area contributed by atoms with E-state index in [1.54, 1.807) is 37.5 Å². The summed E-state index contributed by atoms with van der Waals surface area (Å²) in [4.78, 5) is 10.1. The van der Waals surface area contributed by atoms with Crippen molar-refractivity contribution in [2.75, 3.05) is 19.4 Å². The van der Waals surface area contributed by atoms with Crippen LogP contribution < -0.4 is 10.5 Å². The normalized spacial score (nSPS) is 11.3. The van der Waals surface area contributed by atoms with Crippen LogP contribution >= 0.6 is 23.2 Å². The SMILES string of the molecule is Cc1ncc(CN(C)C=C(COc2ccc(Cl)cc2Cl)N=N)c(N)n1. The molecular weight excluding hydrogens is 363 g/mol. The van der Waals surface area contributed by atoms with Crippen molar-refractivity contribution >= 4 is 29.0 Å². The number of halogens is 2. The lowest BCUT2D eigenvalue weighted by molar-refractivity contribution is 0.341. The van der Waals surface area contributed by atoms with Crippen LogP contribution in [0.15, 0.2) is 41.4 Å². The van der Waals surface area contributed by atoms with Gasteiger partial charge in [0.15, 0.2) is 0 Å². The van der Waals surface area contributed by atoms with Gasteiger partial charge in [0.1, 0.15) is 29.7 Å². The largest absolute Gasteiger partial charge is 0.486 e. The lowest BCUT2D eigenvalue weighted by Gasteiger charge is -2.16. The molecule has 0 aliphatic rings. The molecule has 1 aromatic heterocycles. The van der Waals surface area contributed by atoms with Crippen LogP contribution in [0.2, 0.25) is 10.0 Å². The molecule has 0 aliphatic carbocycles. The summed E-state index contributed by atoms with van der Waals surface area (Å²) in [5, 5.41) is 4.40. The van der Waals surface area contributed by atoms with Gasteiger partial charge >= 0.3 is 0 Å². The molecule has 1 heterocycles. The summed E-state index contributed by atoms with van der Waals surface area (Å²) in [6.45, 7) is 2.35. The van der Waals surface area contributed by atoms with Gasteiger partial charge in [-0.2, -0.15) is 5.11 Å². The van der Waals surface area contributed by atoms with Gasteiger partial charge in [0.25, 0.3) is 0 Å². The van der Waals surface area contributed by atoms with Crippen molar-refractivity contribution in [2.24, 2.45) is 5.11 Å². The monoisotopic (exact) mass is 380 g/mol. The standard InChI is InChI=1S/C16H18Cl2N6O/c1-10-21-6-11(16(19)22-10)7-24(2)8-13(23-20)9-25-15-4-3-12(17)5-14(15)18/h3-6,8,20H,7,9H2,1-2H3,(H2,19,21,22). The van der Waals surface area contributed by atoms with Crippen molar-refractivity contribution < 1.29 is 4.74 Å². The average molecular weight is 381 g/mol. The minimum absolute atomic E-state index is 0.0923. The van der Waals surface area contributed by atoms with Gasteiger partial charge in [-0.3, -0.25) is 0 Å². The van der Waals surface area contributed by atoms with E-state index in [4.69, 9.17) is 39.2 Å². The van der Waals surface area contributed by atoms with Crippen molar-refractivity contribution in [3.8, 4) is 5.75 Å². The number of anilines is 1. The number of ether oxygens (including phenoxy) is 1. The smallest absolute Gasteiger partial charge is 0.138 e. The zero-order valence-corrected chi connectivity index (χ0v) is 15.3. The molecule has 2 aromatic rings. The first-order valence-corrected chi connectivity index (χ1v) is 8.09. The highest BCUT2D eigenvalue weighted by atomic mass is 35.5. The minimum atomic E-state index is 0.0923. The first-order valence-electron chi connectivity index (χ1n) is 7.33. The number of hydrogen-bond donors (Lipinski definition) is 2. The molecule has 0 bridgehead atoms. The third-order valence-electron chi connectivity index (χ3n) is 3.22. The summed E-state index contributed by atoms with van der Waals surface area (Å²) in [6, 6.07) is 4.93. The van der Waals surface area contributed by atoms with Crippen LogP contribution in [-0.4, -0.2) is 28.5 Å². The quantitative estimate of drug-likeness (QED) is 0.705. The van der Waals surface area contributed by atoms with Crippen LogP contribution in [0.4, 0.5) is 5.82 Å².